The minimum Gasteiger partial charge on any atom is -0.351 e. The van der Waals surface area contributed by atoms with Crippen LogP contribution in [0.15, 0.2) is 30.7 Å². The van der Waals surface area contributed by atoms with E-state index in [9.17, 15) is 0 Å². The van der Waals surface area contributed by atoms with Crippen LogP contribution in [0.3, 0.4) is 0 Å². The maximum absolute atomic E-state index is 4.79. The zero-order valence-corrected chi connectivity index (χ0v) is 13.2. The molecule has 3 heterocycles. The second kappa shape index (κ2) is 5.18. The maximum Gasteiger partial charge on any atom is 0.133 e. The Bertz CT molecular complexity index is 723. The van der Waals surface area contributed by atoms with Gasteiger partial charge in [0.15, 0.2) is 0 Å². The van der Waals surface area contributed by atoms with Crippen LogP contribution in [-0.2, 0) is 0 Å². The van der Waals surface area contributed by atoms with Crippen molar-refractivity contribution in [2.45, 2.75) is 37.5 Å². The molecule has 5 rings (SSSR count). The molecule has 5 nitrogen and oxygen atoms in total. The van der Waals surface area contributed by atoms with E-state index >= 15 is 0 Å². The number of pyridine rings is 1. The smallest absolute Gasteiger partial charge is 0.133 e. The van der Waals surface area contributed by atoms with Gasteiger partial charge in [-0.25, -0.2) is 9.97 Å². The molecule has 0 radical (unpaired) electrons. The number of nitrogens with zero attached hydrogens (tertiary/aromatic N) is 5. The van der Waals surface area contributed by atoms with Gasteiger partial charge in [-0.2, -0.15) is 0 Å². The first-order valence-electron chi connectivity index (χ1n) is 8.65. The molecule has 23 heavy (non-hydrogen) atoms. The molecule has 5 heteroatoms. The summed E-state index contributed by atoms with van der Waals surface area (Å²) in [4.78, 5) is 18.4. The Kier molecular flexibility index (Phi) is 2.99. The Balaban J connectivity index is 1.37. The van der Waals surface area contributed by atoms with Crippen LogP contribution in [-0.4, -0.2) is 34.7 Å². The number of aromatic nitrogens is 3. The van der Waals surface area contributed by atoms with Crippen molar-refractivity contribution >= 4 is 11.5 Å². The summed E-state index contributed by atoms with van der Waals surface area (Å²) in [6.07, 6.45) is 11.0. The van der Waals surface area contributed by atoms with Crippen molar-refractivity contribution < 1.29 is 0 Å². The molecular weight excluding hydrogens is 286 g/mol. The molecule has 0 aromatic carbocycles. The van der Waals surface area contributed by atoms with Crippen LogP contribution < -0.4 is 9.80 Å². The predicted octanol–water partition coefficient (Wildman–Crippen LogP) is 2.91. The standard InChI is InChI=1S/C18H21N5/c1-2-13(1)15-5-7-19-11-16(15)22-9-10-23(12-22)17-6-8-20-18(21-17)14-3-4-14/h5-8,11,13-14H,1-4,9-10,12H2. The van der Waals surface area contributed by atoms with Gasteiger partial charge in [-0.05, 0) is 49.3 Å². The average Bonchev–Trinajstić information content (AvgIpc) is 3.52. The first-order chi connectivity index (χ1) is 11.4. The topological polar surface area (TPSA) is 45.2 Å². The summed E-state index contributed by atoms with van der Waals surface area (Å²) in [7, 11) is 0. The third-order valence-corrected chi connectivity index (χ3v) is 5.10. The minimum absolute atomic E-state index is 0.605. The van der Waals surface area contributed by atoms with Gasteiger partial charge < -0.3 is 9.80 Å². The molecule has 3 fully saturated rings. The molecule has 3 aliphatic rings. The Morgan fingerprint density at radius 3 is 2.57 bits per heavy atom. The Morgan fingerprint density at radius 1 is 0.913 bits per heavy atom. The van der Waals surface area contributed by atoms with Gasteiger partial charge in [0.1, 0.15) is 11.6 Å². The van der Waals surface area contributed by atoms with E-state index < -0.39 is 0 Å². The van der Waals surface area contributed by atoms with Crippen LogP contribution in [0.4, 0.5) is 11.5 Å². The van der Waals surface area contributed by atoms with E-state index in [1.165, 1.54) is 36.9 Å². The molecular formula is C18H21N5. The lowest BCUT2D eigenvalue weighted by Gasteiger charge is -2.22. The van der Waals surface area contributed by atoms with Crippen LogP contribution in [0, 0.1) is 0 Å². The summed E-state index contributed by atoms with van der Waals surface area (Å²) in [5.41, 5.74) is 2.79. The van der Waals surface area contributed by atoms with Crippen LogP contribution in [0.25, 0.3) is 0 Å². The highest BCUT2D eigenvalue weighted by molar-refractivity contribution is 5.57. The summed E-state index contributed by atoms with van der Waals surface area (Å²) < 4.78 is 0. The summed E-state index contributed by atoms with van der Waals surface area (Å²) in [6.45, 7) is 2.95. The Hall–Kier alpha value is -2.17. The molecule has 0 unspecified atom stereocenters. The molecule has 2 aromatic heterocycles. The second-order valence-corrected chi connectivity index (χ2v) is 6.92. The highest BCUT2D eigenvalue weighted by Crippen LogP contribution is 2.44. The molecule has 1 saturated heterocycles. The zero-order valence-electron chi connectivity index (χ0n) is 13.2. The summed E-state index contributed by atoms with van der Waals surface area (Å²) >= 11 is 0. The maximum atomic E-state index is 4.79. The second-order valence-electron chi connectivity index (χ2n) is 6.92. The third-order valence-electron chi connectivity index (χ3n) is 5.10. The van der Waals surface area contributed by atoms with Crippen LogP contribution >= 0.6 is 0 Å². The summed E-state index contributed by atoms with van der Waals surface area (Å²) in [6, 6.07) is 4.24. The molecule has 2 aliphatic carbocycles. The van der Waals surface area contributed by atoms with Gasteiger partial charge in [0.25, 0.3) is 0 Å². The molecule has 118 valence electrons. The van der Waals surface area contributed by atoms with Crippen molar-refractivity contribution in [3.05, 3.63) is 42.1 Å². The van der Waals surface area contributed by atoms with E-state index in [1.54, 1.807) is 0 Å². The molecule has 0 bridgehead atoms. The first kappa shape index (κ1) is 13.3. The summed E-state index contributed by atoms with van der Waals surface area (Å²) in [5.74, 6) is 3.46. The number of hydrogen-bond donors (Lipinski definition) is 0. The van der Waals surface area contributed by atoms with Gasteiger partial charge in [0.05, 0.1) is 18.6 Å². The lowest BCUT2D eigenvalue weighted by molar-refractivity contribution is 0.868. The molecule has 1 aliphatic heterocycles. The van der Waals surface area contributed by atoms with Gasteiger partial charge in [-0.3, -0.25) is 4.98 Å². The molecule has 0 spiro atoms. The normalized spacial score (nSPS) is 21.0. The number of rotatable bonds is 4. The zero-order chi connectivity index (χ0) is 15.2. The van der Waals surface area contributed by atoms with Crippen LogP contribution in [0.1, 0.15) is 48.9 Å². The van der Waals surface area contributed by atoms with Crippen molar-refractivity contribution in [3.8, 4) is 0 Å². The van der Waals surface area contributed by atoms with Gasteiger partial charge in [0, 0.05) is 31.4 Å². The minimum atomic E-state index is 0.605. The number of anilines is 2. The Morgan fingerprint density at radius 2 is 1.74 bits per heavy atom. The van der Waals surface area contributed by atoms with E-state index in [2.05, 4.69) is 25.8 Å². The highest BCUT2D eigenvalue weighted by atomic mass is 15.4. The lowest BCUT2D eigenvalue weighted by Crippen LogP contribution is -2.26. The van der Waals surface area contributed by atoms with Crippen LogP contribution in [0.5, 0.6) is 0 Å². The molecule has 0 atom stereocenters. The fourth-order valence-electron chi connectivity index (χ4n) is 3.45. The van der Waals surface area contributed by atoms with Crippen molar-refractivity contribution in [2.75, 3.05) is 29.6 Å². The fourth-order valence-corrected chi connectivity index (χ4v) is 3.45. The molecule has 2 aromatic rings. The first-order valence-corrected chi connectivity index (χ1v) is 8.65. The van der Waals surface area contributed by atoms with E-state index in [1.807, 2.05) is 24.7 Å². The Labute approximate surface area is 136 Å². The quantitative estimate of drug-likeness (QED) is 0.869. The van der Waals surface area contributed by atoms with E-state index in [0.717, 1.165) is 37.3 Å². The number of hydrogen-bond acceptors (Lipinski definition) is 5. The van der Waals surface area contributed by atoms with Crippen molar-refractivity contribution in [1.29, 1.82) is 0 Å². The predicted molar refractivity (Wildman–Crippen MR) is 89.8 cm³/mol. The molecule has 2 saturated carbocycles. The van der Waals surface area contributed by atoms with Gasteiger partial charge in [0.2, 0.25) is 0 Å². The largest absolute Gasteiger partial charge is 0.351 e. The van der Waals surface area contributed by atoms with Crippen molar-refractivity contribution in [3.63, 3.8) is 0 Å². The molecule has 0 N–H and O–H groups in total. The lowest BCUT2D eigenvalue weighted by atomic mass is 10.1. The van der Waals surface area contributed by atoms with Crippen LogP contribution in [0.2, 0.25) is 0 Å². The van der Waals surface area contributed by atoms with Crippen molar-refractivity contribution in [1.82, 2.24) is 15.0 Å². The third kappa shape index (κ3) is 2.54. The average molecular weight is 307 g/mol. The monoisotopic (exact) mass is 307 g/mol. The van der Waals surface area contributed by atoms with Gasteiger partial charge in [-0.1, -0.05) is 0 Å². The highest BCUT2D eigenvalue weighted by Gasteiger charge is 2.31. The van der Waals surface area contributed by atoms with E-state index in [0.29, 0.717) is 5.92 Å². The molecule has 0 amide bonds. The fraction of sp³-hybridized carbons (Fsp3) is 0.500. The van der Waals surface area contributed by atoms with E-state index in [4.69, 9.17) is 4.98 Å². The summed E-state index contributed by atoms with van der Waals surface area (Å²) in [5, 5.41) is 0. The van der Waals surface area contributed by atoms with Gasteiger partial charge >= 0.3 is 0 Å². The van der Waals surface area contributed by atoms with Gasteiger partial charge in [-0.15, -0.1) is 0 Å². The van der Waals surface area contributed by atoms with Crippen molar-refractivity contribution in [2.24, 2.45) is 0 Å². The van der Waals surface area contributed by atoms with E-state index in [-0.39, 0.29) is 0 Å². The SMILES string of the molecule is c1cc(C2CC2)c(N2CCN(c3ccnc(C4CC4)n3)C2)cn1.